The minimum atomic E-state index is -4.82. The van der Waals surface area contributed by atoms with Gasteiger partial charge in [0.2, 0.25) is 0 Å². The van der Waals surface area contributed by atoms with Crippen LogP contribution in [0.2, 0.25) is 0 Å². The minimum Gasteiger partial charge on any atom is -0.280 e. The Labute approximate surface area is 129 Å². The first-order chi connectivity index (χ1) is 10.6. The van der Waals surface area contributed by atoms with Gasteiger partial charge in [-0.25, -0.2) is 12.8 Å². The van der Waals surface area contributed by atoms with E-state index < -0.39 is 33.3 Å². The molecule has 0 heterocycles. The summed E-state index contributed by atoms with van der Waals surface area (Å²) in [5.41, 5.74) is -1.83. The lowest BCUT2D eigenvalue weighted by molar-refractivity contribution is -0.137. The monoisotopic (exact) mass is 344 g/mol. The van der Waals surface area contributed by atoms with E-state index >= 15 is 0 Å². The topological polar surface area (TPSA) is 70.0 Å². The van der Waals surface area contributed by atoms with Gasteiger partial charge >= 0.3 is 6.18 Å². The summed E-state index contributed by atoms with van der Waals surface area (Å²) in [6.45, 7) is 0. The van der Waals surface area contributed by atoms with Crippen LogP contribution in [0.15, 0.2) is 47.4 Å². The highest BCUT2D eigenvalue weighted by molar-refractivity contribution is 7.92. The van der Waals surface area contributed by atoms with Crippen molar-refractivity contribution < 1.29 is 26.0 Å². The molecule has 0 bridgehead atoms. The van der Waals surface area contributed by atoms with E-state index in [0.29, 0.717) is 12.1 Å². The maximum absolute atomic E-state index is 13.3. The van der Waals surface area contributed by atoms with Crippen LogP contribution in [0.1, 0.15) is 11.1 Å². The molecule has 120 valence electrons. The molecule has 2 aromatic carbocycles. The van der Waals surface area contributed by atoms with Gasteiger partial charge in [-0.2, -0.15) is 18.4 Å². The van der Waals surface area contributed by atoms with Gasteiger partial charge in [-0.3, -0.25) is 4.72 Å². The van der Waals surface area contributed by atoms with Crippen LogP contribution in [0.3, 0.4) is 0 Å². The van der Waals surface area contributed by atoms with Gasteiger partial charge in [-0.05, 0) is 36.4 Å². The Morgan fingerprint density at radius 2 is 1.78 bits per heavy atom. The van der Waals surface area contributed by atoms with E-state index in [-0.39, 0.29) is 16.5 Å². The third-order valence-corrected chi connectivity index (χ3v) is 4.13. The molecule has 4 nitrogen and oxygen atoms in total. The van der Waals surface area contributed by atoms with Crippen LogP contribution in [0, 0.1) is 17.1 Å². The lowest BCUT2D eigenvalue weighted by Crippen LogP contribution is -2.14. The van der Waals surface area contributed by atoms with E-state index in [0.717, 1.165) is 12.1 Å². The molecule has 23 heavy (non-hydrogen) atoms. The summed E-state index contributed by atoms with van der Waals surface area (Å²) in [4.78, 5) is -0.325. The van der Waals surface area contributed by atoms with E-state index in [1.54, 1.807) is 6.07 Å². The largest absolute Gasteiger partial charge is 0.416 e. The number of alkyl halides is 3. The number of rotatable bonds is 3. The number of benzene rings is 2. The summed E-state index contributed by atoms with van der Waals surface area (Å²) in [6, 6.07) is 7.98. The number of sulfonamides is 1. The van der Waals surface area contributed by atoms with Crippen molar-refractivity contribution >= 4 is 15.7 Å². The third-order valence-electron chi connectivity index (χ3n) is 2.75. The van der Waals surface area contributed by atoms with Crippen LogP contribution < -0.4 is 4.72 Å². The summed E-state index contributed by atoms with van der Waals surface area (Å²) in [6.07, 6.45) is -4.82. The minimum absolute atomic E-state index is 0.0584. The second kappa shape index (κ2) is 5.89. The molecule has 0 radical (unpaired) electrons. The van der Waals surface area contributed by atoms with Crippen LogP contribution in [-0.4, -0.2) is 8.42 Å². The quantitative estimate of drug-likeness (QED) is 0.866. The molecule has 0 aliphatic carbocycles. The highest BCUT2D eigenvalue weighted by atomic mass is 32.2. The molecule has 0 saturated heterocycles. The Bertz CT molecular complexity index is 886. The number of nitrogens with one attached hydrogen (secondary N) is 1. The first kappa shape index (κ1) is 16.8. The molecule has 2 rings (SSSR count). The number of hydrogen-bond donors (Lipinski definition) is 1. The van der Waals surface area contributed by atoms with Crippen molar-refractivity contribution in [2.75, 3.05) is 4.72 Å². The summed E-state index contributed by atoms with van der Waals surface area (Å²) < 4.78 is 77.2. The Kier molecular flexibility index (Phi) is 4.29. The molecule has 0 unspecified atom stereocenters. The predicted octanol–water partition coefficient (Wildman–Crippen LogP) is 3.52. The zero-order chi connectivity index (χ0) is 17.3. The molecule has 0 atom stereocenters. The highest BCUT2D eigenvalue weighted by Crippen LogP contribution is 2.32. The number of halogens is 4. The Hall–Kier alpha value is -2.60. The van der Waals surface area contributed by atoms with Crippen LogP contribution in [0.5, 0.6) is 0 Å². The normalized spacial score (nSPS) is 11.8. The number of nitriles is 1. The second-order valence-electron chi connectivity index (χ2n) is 4.47. The summed E-state index contributed by atoms with van der Waals surface area (Å²) >= 11 is 0. The van der Waals surface area contributed by atoms with Crippen molar-refractivity contribution in [2.45, 2.75) is 11.1 Å². The SMILES string of the molecule is N#Cc1cccc(S(=O)(=O)Nc2cc(F)cc(C(F)(F)F)c2)c1. The third kappa shape index (κ3) is 3.98. The van der Waals surface area contributed by atoms with Gasteiger partial charge in [-0.15, -0.1) is 0 Å². The smallest absolute Gasteiger partial charge is 0.280 e. The Morgan fingerprint density at radius 1 is 1.09 bits per heavy atom. The number of nitrogens with zero attached hydrogens (tertiary/aromatic N) is 1. The summed E-state index contributed by atoms with van der Waals surface area (Å²) in [5.74, 6) is -1.23. The molecule has 0 aliphatic heterocycles. The van der Waals surface area contributed by atoms with Crippen molar-refractivity contribution in [1.29, 1.82) is 5.26 Å². The molecule has 0 fully saturated rings. The predicted molar refractivity (Wildman–Crippen MR) is 73.4 cm³/mol. The Balaban J connectivity index is 2.41. The van der Waals surface area contributed by atoms with Crippen LogP contribution in [0.25, 0.3) is 0 Å². The first-order valence-corrected chi connectivity index (χ1v) is 7.51. The maximum atomic E-state index is 13.3. The van der Waals surface area contributed by atoms with E-state index in [9.17, 15) is 26.0 Å². The number of hydrogen-bond acceptors (Lipinski definition) is 3. The van der Waals surface area contributed by atoms with Gasteiger partial charge in [0, 0.05) is 0 Å². The fourth-order valence-corrected chi connectivity index (χ4v) is 2.84. The number of anilines is 1. The van der Waals surface area contributed by atoms with Crippen molar-refractivity contribution in [1.82, 2.24) is 0 Å². The van der Waals surface area contributed by atoms with Crippen molar-refractivity contribution in [3.05, 3.63) is 59.4 Å². The molecule has 9 heteroatoms. The molecular formula is C14H8F4N2O2S. The molecule has 1 N–H and O–H groups in total. The van der Waals surface area contributed by atoms with Gasteiger partial charge in [0.15, 0.2) is 0 Å². The van der Waals surface area contributed by atoms with Gasteiger partial charge < -0.3 is 0 Å². The fourth-order valence-electron chi connectivity index (χ4n) is 1.76. The second-order valence-corrected chi connectivity index (χ2v) is 6.15. The van der Waals surface area contributed by atoms with E-state index in [2.05, 4.69) is 0 Å². The van der Waals surface area contributed by atoms with Gasteiger partial charge in [0.25, 0.3) is 10.0 Å². The lowest BCUT2D eigenvalue weighted by atomic mass is 10.2. The van der Waals surface area contributed by atoms with Crippen molar-refractivity contribution in [2.24, 2.45) is 0 Å². The molecule has 2 aromatic rings. The zero-order valence-electron chi connectivity index (χ0n) is 11.2. The fraction of sp³-hybridized carbons (Fsp3) is 0.0714. The van der Waals surface area contributed by atoms with Gasteiger partial charge in [0.05, 0.1) is 27.8 Å². The molecule has 0 amide bonds. The molecule has 0 spiro atoms. The molecular weight excluding hydrogens is 336 g/mol. The average molecular weight is 344 g/mol. The maximum Gasteiger partial charge on any atom is 0.416 e. The highest BCUT2D eigenvalue weighted by Gasteiger charge is 2.31. The van der Waals surface area contributed by atoms with Crippen molar-refractivity contribution in [3.63, 3.8) is 0 Å². The van der Waals surface area contributed by atoms with Crippen LogP contribution >= 0.6 is 0 Å². The van der Waals surface area contributed by atoms with Gasteiger partial charge in [-0.1, -0.05) is 6.07 Å². The zero-order valence-corrected chi connectivity index (χ0v) is 12.0. The van der Waals surface area contributed by atoms with E-state index in [1.165, 1.54) is 12.1 Å². The van der Waals surface area contributed by atoms with E-state index in [4.69, 9.17) is 5.26 Å². The van der Waals surface area contributed by atoms with Crippen molar-refractivity contribution in [3.8, 4) is 6.07 Å². The Morgan fingerprint density at radius 3 is 2.39 bits per heavy atom. The average Bonchev–Trinajstić information content (AvgIpc) is 2.45. The van der Waals surface area contributed by atoms with Crippen LogP contribution in [-0.2, 0) is 16.2 Å². The summed E-state index contributed by atoms with van der Waals surface area (Å²) in [7, 11) is -4.26. The van der Waals surface area contributed by atoms with E-state index in [1.807, 2.05) is 4.72 Å². The van der Waals surface area contributed by atoms with Crippen LogP contribution in [0.4, 0.5) is 23.2 Å². The molecule has 0 aliphatic rings. The molecule has 0 saturated carbocycles. The van der Waals surface area contributed by atoms with Gasteiger partial charge in [0.1, 0.15) is 5.82 Å². The summed E-state index contributed by atoms with van der Waals surface area (Å²) in [5, 5.41) is 8.74. The lowest BCUT2D eigenvalue weighted by Gasteiger charge is -2.12. The first-order valence-electron chi connectivity index (χ1n) is 6.02. The molecule has 0 aromatic heterocycles. The standard InChI is InChI=1S/C14H8F4N2O2S/c15-11-5-10(14(16,17)18)6-12(7-11)20-23(21,22)13-3-1-2-9(4-13)8-19/h1-7,20H.